The number of carbonyl (C=O) groups is 4. The molecule has 0 unspecified atom stereocenters. The number of nitrogens with one attached hydrogen (secondary N) is 2. The van der Waals surface area contributed by atoms with E-state index in [4.69, 9.17) is 0 Å². The number of carboxylic acids is 1. The lowest BCUT2D eigenvalue weighted by molar-refractivity contribution is -0.142. The van der Waals surface area contributed by atoms with Crippen molar-refractivity contribution in [2.75, 3.05) is 5.75 Å². The van der Waals surface area contributed by atoms with Gasteiger partial charge in [-0.1, -0.05) is 50.1 Å². The van der Waals surface area contributed by atoms with Crippen LogP contribution in [-0.2, 0) is 19.2 Å². The predicted octanol–water partition coefficient (Wildman–Crippen LogP) is 1.37. The summed E-state index contributed by atoms with van der Waals surface area (Å²) in [5.41, 5.74) is -3.89. The molecule has 1 saturated heterocycles. The fourth-order valence-corrected chi connectivity index (χ4v) is 5.97. The van der Waals surface area contributed by atoms with Gasteiger partial charge in [-0.25, -0.2) is 4.79 Å². The van der Waals surface area contributed by atoms with Crippen molar-refractivity contribution in [2.24, 2.45) is 11.8 Å². The molecule has 33 heavy (non-hydrogen) atoms. The summed E-state index contributed by atoms with van der Waals surface area (Å²) < 4.78 is 0. The van der Waals surface area contributed by atoms with Crippen LogP contribution in [0.1, 0.15) is 65.7 Å². The van der Waals surface area contributed by atoms with E-state index >= 15 is 0 Å². The lowest BCUT2D eigenvalue weighted by Gasteiger charge is -2.45. The van der Waals surface area contributed by atoms with Crippen LogP contribution in [0.3, 0.4) is 0 Å². The SMILES string of the molecule is CCCCC[C@H]1C(=O)N[C@](C(=O)SC[C@H](NC(C)=O)C(=O)O)([C@@H](O)[C@@H]2C=CCCC2)[C@@]1(C)O. The number of carboxylic acid groups (broad SMARTS) is 1. The average Bonchev–Trinajstić information content (AvgIpc) is 2.96. The maximum Gasteiger partial charge on any atom is 0.327 e. The van der Waals surface area contributed by atoms with Crippen LogP contribution < -0.4 is 10.6 Å². The van der Waals surface area contributed by atoms with Crippen LogP contribution in [0.15, 0.2) is 12.2 Å². The highest BCUT2D eigenvalue weighted by Crippen LogP contribution is 2.46. The summed E-state index contributed by atoms with van der Waals surface area (Å²) in [7, 11) is 0. The van der Waals surface area contributed by atoms with Crippen LogP contribution >= 0.6 is 11.8 Å². The fourth-order valence-electron chi connectivity index (χ4n) is 4.82. The first-order valence-electron chi connectivity index (χ1n) is 11.5. The second-order valence-corrected chi connectivity index (χ2v) is 10.1. The second-order valence-electron chi connectivity index (χ2n) is 9.15. The van der Waals surface area contributed by atoms with Crippen molar-refractivity contribution in [3.05, 3.63) is 12.2 Å². The summed E-state index contributed by atoms with van der Waals surface area (Å²) in [6.07, 6.45) is 7.39. The smallest absolute Gasteiger partial charge is 0.327 e. The molecule has 6 atom stereocenters. The number of hydrogen-bond acceptors (Lipinski definition) is 7. The number of allylic oxidation sites excluding steroid dienone is 1. The van der Waals surface area contributed by atoms with Crippen LogP contribution in [-0.4, -0.2) is 67.3 Å². The van der Waals surface area contributed by atoms with E-state index in [1.165, 1.54) is 13.8 Å². The Morgan fingerprint density at radius 2 is 2.03 bits per heavy atom. The van der Waals surface area contributed by atoms with Gasteiger partial charge in [0.25, 0.3) is 0 Å². The standard InChI is InChI=1S/C23H36N2O7S/c1-4-5-7-12-16-19(28)25-23(22(16,3)32,18(27)15-10-8-6-9-11-15)21(31)33-13-17(20(29)30)24-14(2)26/h8,10,15-18,27,32H,4-7,9,11-13H2,1-3H3,(H,24,26)(H,25,28)(H,29,30)/t15-,16+,17+,18+,22+,23+/m1/s1. The minimum Gasteiger partial charge on any atom is -0.480 e. The minimum absolute atomic E-state index is 0.310. The zero-order chi connectivity index (χ0) is 24.8. The van der Waals surface area contributed by atoms with Gasteiger partial charge in [-0.15, -0.1) is 0 Å². The summed E-state index contributed by atoms with van der Waals surface area (Å²) in [5.74, 6) is -4.02. The number of amides is 2. The van der Waals surface area contributed by atoms with Crippen molar-refractivity contribution in [2.45, 2.75) is 89.0 Å². The van der Waals surface area contributed by atoms with Crippen LogP contribution in [0.2, 0.25) is 0 Å². The van der Waals surface area contributed by atoms with E-state index in [2.05, 4.69) is 10.6 Å². The lowest BCUT2D eigenvalue weighted by Crippen LogP contribution is -2.69. The molecule has 0 aromatic carbocycles. The molecule has 10 heteroatoms. The van der Waals surface area contributed by atoms with E-state index in [-0.39, 0.29) is 5.75 Å². The Kier molecular flexibility index (Phi) is 9.51. The largest absolute Gasteiger partial charge is 0.480 e. The van der Waals surface area contributed by atoms with Crippen molar-refractivity contribution >= 4 is 34.7 Å². The molecule has 0 aromatic rings. The quantitative estimate of drug-likeness (QED) is 0.218. The fraction of sp³-hybridized carbons (Fsp3) is 0.739. The molecular formula is C23H36N2O7S. The number of hydrogen-bond donors (Lipinski definition) is 5. The van der Waals surface area contributed by atoms with Gasteiger partial charge in [0.1, 0.15) is 11.6 Å². The number of aliphatic carboxylic acids is 1. The van der Waals surface area contributed by atoms with Crippen molar-refractivity contribution in [1.29, 1.82) is 0 Å². The summed E-state index contributed by atoms with van der Waals surface area (Å²) in [5, 5.41) is 36.6. The van der Waals surface area contributed by atoms with Crippen LogP contribution in [0.25, 0.3) is 0 Å². The number of rotatable bonds is 11. The van der Waals surface area contributed by atoms with E-state index in [9.17, 15) is 34.5 Å². The van der Waals surface area contributed by atoms with E-state index < -0.39 is 58.0 Å². The van der Waals surface area contributed by atoms with Gasteiger partial charge >= 0.3 is 5.97 Å². The molecule has 186 valence electrons. The molecule has 9 nitrogen and oxygen atoms in total. The third kappa shape index (κ3) is 5.78. The van der Waals surface area contributed by atoms with Crippen LogP contribution in [0, 0.1) is 11.8 Å². The Morgan fingerprint density at radius 3 is 2.58 bits per heavy atom. The molecule has 0 radical (unpaired) electrons. The maximum absolute atomic E-state index is 13.6. The molecular weight excluding hydrogens is 448 g/mol. The predicted molar refractivity (Wildman–Crippen MR) is 124 cm³/mol. The molecule has 1 aliphatic carbocycles. The highest BCUT2D eigenvalue weighted by atomic mass is 32.2. The first-order valence-corrected chi connectivity index (χ1v) is 12.5. The zero-order valence-corrected chi connectivity index (χ0v) is 20.3. The van der Waals surface area contributed by atoms with Gasteiger partial charge in [0.2, 0.25) is 16.9 Å². The number of aliphatic hydroxyl groups is 2. The number of thioether (sulfide) groups is 1. The molecule has 0 aromatic heterocycles. The summed E-state index contributed by atoms with van der Waals surface area (Å²) in [6.45, 7) is 4.59. The summed E-state index contributed by atoms with van der Waals surface area (Å²) in [6, 6.07) is -1.33. The molecule has 0 spiro atoms. The molecule has 5 N–H and O–H groups in total. The first-order chi connectivity index (χ1) is 15.5. The van der Waals surface area contributed by atoms with Crippen molar-refractivity contribution < 1.29 is 34.5 Å². The number of carbonyl (C=O) groups excluding carboxylic acids is 3. The molecule has 0 bridgehead atoms. The molecule has 0 saturated carbocycles. The topological polar surface area (TPSA) is 153 Å². The third-order valence-electron chi connectivity index (χ3n) is 6.73. The van der Waals surface area contributed by atoms with E-state index in [1.54, 1.807) is 6.08 Å². The monoisotopic (exact) mass is 484 g/mol. The first kappa shape index (κ1) is 27.3. The zero-order valence-electron chi connectivity index (χ0n) is 19.5. The molecule has 1 aliphatic heterocycles. The van der Waals surface area contributed by atoms with Gasteiger partial charge in [-0.3, -0.25) is 14.4 Å². The molecule has 1 fully saturated rings. The third-order valence-corrected chi connectivity index (χ3v) is 7.81. The Morgan fingerprint density at radius 1 is 1.33 bits per heavy atom. The van der Waals surface area contributed by atoms with E-state index in [1.807, 2.05) is 13.0 Å². The average molecular weight is 485 g/mol. The molecule has 2 rings (SSSR count). The highest BCUT2D eigenvalue weighted by molar-refractivity contribution is 8.13. The van der Waals surface area contributed by atoms with Crippen molar-refractivity contribution in [1.82, 2.24) is 10.6 Å². The van der Waals surface area contributed by atoms with Gasteiger partial charge in [-0.05, 0) is 32.6 Å². The summed E-state index contributed by atoms with van der Waals surface area (Å²) >= 11 is 0.585. The van der Waals surface area contributed by atoms with E-state index in [0.717, 1.165) is 25.7 Å². The van der Waals surface area contributed by atoms with Gasteiger partial charge in [0, 0.05) is 18.6 Å². The maximum atomic E-state index is 13.6. The van der Waals surface area contributed by atoms with Crippen molar-refractivity contribution in [3.8, 4) is 0 Å². The Bertz CT molecular complexity index is 785. The van der Waals surface area contributed by atoms with E-state index in [0.29, 0.717) is 31.0 Å². The number of unbranched alkanes of at least 4 members (excludes halogenated alkanes) is 2. The number of aliphatic hydroxyl groups excluding tert-OH is 1. The molecule has 2 amide bonds. The minimum atomic E-state index is -2.00. The van der Waals surface area contributed by atoms with Gasteiger partial charge < -0.3 is 26.0 Å². The van der Waals surface area contributed by atoms with Gasteiger partial charge in [0.05, 0.1) is 12.0 Å². The normalized spacial score (nSPS) is 31.0. The Balaban J connectivity index is 2.39. The Labute approximate surface area is 198 Å². The van der Waals surface area contributed by atoms with Crippen LogP contribution in [0.4, 0.5) is 0 Å². The second kappa shape index (κ2) is 11.5. The molecule has 2 aliphatic rings. The lowest BCUT2D eigenvalue weighted by atomic mass is 9.68. The molecule has 1 heterocycles. The Hall–Kier alpha value is -1.91. The van der Waals surface area contributed by atoms with Gasteiger partial charge in [-0.2, -0.15) is 0 Å². The van der Waals surface area contributed by atoms with Crippen LogP contribution in [0.5, 0.6) is 0 Å². The van der Waals surface area contributed by atoms with Crippen molar-refractivity contribution in [3.63, 3.8) is 0 Å². The highest BCUT2D eigenvalue weighted by Gasteiger charge is 2.68. The van der Waals surface area contributed by atoms with Gasteiger partial charge in [0.15, 0.2) is 5.54 Å². The summed E-state index contributed by atoms with van der Waals surface area (Å²) in [4.78, 5) is 49.4.